The van der Waals surface area contributed by atoms with Gasteiger partial charge in [0.15, 0.2) is 9.84 Å². The molecule has 0 saturated heterocycles. The Morgan fingerprint density at radius 2 is 1.00 bits per heavy atom. The van der Waals surface area contributed by atoms with Crippen LogP contribution in [0.2, 0.25) is 0 Å². The maximum atomic E-state index is 11.7. The van der Waals surface area contributed by atoms with Gasteiger partial charge in [0.1, 0.15) is 0 Å². The minimum absolute atomic E-state index is 0.0475. The van der Waals surface area contributed by atoms with Gasteiger partial charge in [-0.1, -0.05) is 13.8 Å². The summed E-state index contributed by atoms with van der Waals surface area (Å²) >= 11 is 0. The Balaban J connectivity index is 0. The third kappa shape index (κ3) is 6.70. The molecule has 0 rings (SSSR count). The summed E-state index contributed by atoms with van der Waals surface area (Å²) in [5, 5.41) is 0.282. The molecular weight excluding hydrogens is 292 g/mol. The quantitative estimate of drug-likeness (QED) is 0.733. The maximum absolute atomic E-state index is 11.7. The summed E-state index contributed by atoms with van der Waals surface area (Å²) in [6.07, 6.45) is 0. The summed E-state index contributed by atoms with van der Waals surface area (Å²) in [5.41, 5.74) is 0. The van der Waals surface area contributed by atoms with Crippen LogP contribution >= 0.6 is 0 Å². The van der Waals surface area contributed by atoms with E-state index in [0.29, 0.717) is 0 Å². The van der Waals surface area contributed by atoms with Gasteiger partial charge in [-0.3, -0.25) is 4.21 Å². The molecule has 0 radical (unpaired) electrons. The van der Waals surface area contributed by atoms with Gasteiger partial charge in [-0.15, -0.1) is 0 Å². The van der Waals surface area contributed by atoms with Crippen molar-refractivity contribution in [2.24, 2.45) is 0 Å². The lowest BCUT2D eigenvalue weighted by Gasteiger charge is -2.29. The van der Waals surface area contributed by atoms with Crippen molar-refractivity contribution in [3.8, 4) is 0 Å². The predicted octanol–water partition coefficient (Wildman–Crippen LogP) is 3.94. The van der Waals surface area contributed by atoms with Gasteiger partial charge in [-0.2, -0.15) is 0 Å². The third-order valence-electron chi connectivity index (χ3n) is 2.64. The first-order valence-corrected chi connectivity index (χ1v) is 9.70. The van der Waals surface area contributed by atoms with Crippen LogP contribution < -0.4 is 0 Å². The molecule has 0 N–H and O–H groups in total. The van der Waals surface area contributed by atoms with E-state index in [1.54, 1.807) is 41.5 Å². The van der Waals surface area contributed by atoms with E-state index >= 15 is 0 Å². The van der Waals surface area contributed by atoms with Gasteiger partial charge in [-0.25, -0.2) is 8.42 Å². The van der Waals surface area contributed by atoms with Crippen LogP contribution in [0.15, 0.2) is 0 Å². The van der Waals surface area contributed by atoms with Gasteiger partial charge in [0.05, 0.1) is 9.49 Å². The molecule has 0 fully saturated rings. The molecule has 0 aromatic heterocycles. The Bertz CT molecular complexity index is 394. The number of hydrogen-bond donors (Lipinski definition) is 0. The van der Waals surface area contributed by atoms with Crippen molar-refractivity contribution in [1.29, 1.82) is 0 Å². The van der Waals surface area contributed by atoms with Crippen LogP contribution in [0.1, 0.15) is 76.2 Å². The molecule has 0 aliphatic carbocycles. The number of hydrogen-bond acceptors (Lipinski definition) is 3. The van der Waals surface area contributed by atoms with Gasteiger partial charge < -0.3 is 0 Å². The lowest BCUT2D eigenvalue weighted by molar-refractivity contribution is 0.525. The minimum Gasteiger partial charge on any atom is -0.259 e. The van der Waals surface area contributed by atoms with Crippen LogP contribution in [0.25, 0.3) is 0 Å². The van der Waals surface area contributed by atoms with Crippen LogP contribution in [0.4, 0.5) is 0 Å². The summed E-state index contributed by atoms with van der Waals surface area (Å²) in [6.45, 7) is 20.4. The van der Waals surface area contributed by atoms with E-state index in [9.17, 15) is 12.6 Å². The Morgan fingerprint density at radius 1 is 0.750 bits per heavy atom. The van der Waals surface area contributed by atoms with Crippen molar-refractivity contribution < 1.29 is 12.6 Å². The average Bonchev–Trinajstić information content (AvgIpc) is 2.12. The Labute approximate surface area is 129 Å². The van der Waals surface area contributed by atoms with Crippen molar-refractivity contribution in [2.45, 2.75) is 95.7 Å². The zero-order valence-electron chi connectivity index (χ0n) is 15.1. The second-order valence-corrected chi connectivity index (χ2v) is 14.4. The van der Waals surface area contributed by atoms with Gasteiger partial charge in [0.2, 0.25) is 0 Å². The minimum atomic E-state index is -3.01. The van der Waals surface area contributed by atoms with Gasteiger partial charge in [0, 0.05) is 20.8 Å². The van der Waals surface area contributed by atoms with E-state index < -0.39 is 30.1 Å². The Hall–Kier alpha value is 0.1000. The van der Waals surface area contributed by atoms with Crippen molar-refractivity contribution >= 4 is 20.6 Å². The van der Waals surface area contributed by atoms with E-state index in [1.165, 1.54) is 0 Å². The van der Waals surface area contributed by atoms with Crippen molar-refractivity contribution in [3.63, 3.8) is 0 Å². The fourth-order valence-electron chi connectivity index (χ4n) is 1.63. The molecule has 124 valence electrons. The number of sulfone groups is 1. The molecule has 0 bridgehead atoms. The average molecular weight is 327 g/mol. The van der Waals surface area contributed by atoms with Crippen LogP contribution in [0.5, 0.6) is 0 Å². The molecule has 0 amide bonds. The summed E-state index contributed by atoms with van der Waals surface area (Å²) in [5.74, 6) is 0. The topological polar surface area (TPSA) is 51.2 Å². The largest absolute Gasteiger partial charge is 0.259 e. The molecule has 1 atom stereocenters. The summed E-state index contributed by atoms with van der Waals surface area (Å²) in [4.78, 5) is 0. The number of rotatable bonds is 1. The van der Waals surface area contributed by atoms with Crippen molar-refractivity contribution in [3.05, 3.63) is 0 Å². The molecule has 0 aromatic carbocycles. The second kappa shape index (κ2) is 6.91. The first-order valence-electron chi connectivity index (χ1n) is 7.00. The van der Waals surface area contributed by atoms with Crippen LogP contribution in [-0.4, -0.2) is 32.1 Å². The predicted molar refractivity (Wildman–Crippen MR) is 91.5 cm³/mol. The van der Waals surface area contributed by atoms with Crippen molar-refractivity contribution in [1.82, 2.24) is 0 Å². The van der Waals surface area contributed by atoms with E-state index in [0.717, 1.165) is 0 Å². The molecule has 0 spiro atoms. The van der Waals surface area contributed by atoms with Gasteiger partial charge in [-0.05, 0) is 62.3 Å². The fourth-order valence-corrected chi connectivity index (χ4v) is 4.88. The lowest BCUT2D eigenvalue weighted by atomic mass is 10.2. The molecule has 5 heteroatoms. The highest BCUT2D eigenvalue weighted by atomic mass is 32.2. The highest BCUT2D eigenvalue weighted by Crippen LogP contribution is 2.27. The maximum Gasteiger partial charge on any atom is 0.160 e. The van der Waals surface area contributed by atoms with Gasteiger partial charge >= 0.3 is 0 Å². The van der Waals surface area contributed by atoms with Crippen LogP contribution in [0.3, 0.4) is 0 Å². The summed E-state index contributed by atoms with van der Waals surface area (Å²) in [6, 6.07) is 0. The first-order chi connectivity index (χ1) is 8.35. The molecule has 3 nitrogen and oxygen atoms in total. The Morgan fingerprint density at radius 3 is 1.00 bits per heavy atom. The van der Waals surface area contributed by atoms with Crippen molar-refractivity contribution in [2.75, 3.05) is 0 Å². The molecular formula is C15H34O3S2. The first kappa shape index (κ1) is 22.4. The SMILES string of the molecule is CC(C)(C)S(=O)(=O)C(C)(C)C.CC(C)S(=O)C(C)(C)C. The fraction of sp³-hybridized carbons (Fsp3) is 1.00. The monoisotopic (exact) mass is 326 g/mol. The summed E-state index contributed by atoms with van der Waals surface area (Å²) in [7, 11) is -3.70. The molecule has 0 aliphatic rings. The van der Waals surface area contributed by atoms with E-state index in [1.807, 2.05) is 34.6 Å². The second-order valence-electron chi connectivity index (χ2n) is 8.19. The zero-order chi connectivity index (χ0) is 17.2. The third-order valence-corrected chi connectivity index (χ3v) is 7.93. The van der Waals surface area contributed by atoms with Gasteiger partial charge in [0.25, 0.3) is 0 Å². The highest BCUT2D eigenvalue weighted by Gasteiger charge is 2.39. The highest BCUT2D eigenvalue weighted by molar-refractivity contribution is 7.94. The standard InChI is InChI=1S/C8H18O2S.C7H16OS/c1-7(2,3)11(9,10)8(4,5)6;1-6(2)9(8)7(3,4)5/h1-6H3;6H,1-5H3. The molecule has 0 saturated carbocycles. The van der Waals surface area contributed by atoms with E-state index in [2.05, 4.69) is 0 Å². The summed E-state index contributed by atoms with van der Waals surface area (Å²) < 4.78 is 33.3. The van der Waals surface area contributed by atoms with Crippen LogP contribution in [0, 0.1) is 0 Å². The van der Waals surface area contributed by atoms with Crippen LogP contribution in [-0.2, 0) is 20.6 Å². The Kier molecular flexibility index (Phi) is 7.73. The van der Waals surface area contributed by atoms with E-state index in [4.69, 9.17) is 0 Å². The smallest absolute Gasteiger partial charge is 0.160 e. The zero-order valence-corrected chi connectivity index (χ0v) is 16.8. The normalized spacial score (nSPS) is 15.6. The molecule has 0 aromatic rings. The molecule has 1 unspecified atom stereocenters. The lowest BCUT2D eigenvalue weighted by Crippen LogP contribution is -2.41. The molecule has 20 heavy (non-hydrogen) atoms. The molecule has 0 heterocycles. The molecule has 0 aliphatic heterocycles. The van der Waals surface area contributed by atoms with E-state index in [-0.39, 0.29) is 10.00 Å².